The largest absolute Gasteiger partial charge is 0.310 e. The number of rotatable bonds is 0. The summed E-state index contributed by atoms with van der Waals surface area (Å²) in [7, 11) is 0. The van der Waals surface area contributed by atoms with Crippen LogP contribution in [-0.2, 0) is 0 Å². The molecule has 0 saturated heterocycles. The molecule has 0 spiro atoms. The third kappa shape index (κ3) is 1.09. The summed E-state index contributed by atoms with van der Waals surface area (Å²) >= 11 is 4.76. The molecule has 2 heterocycles. The van der Waals surface area contributed by atoms with Gasteiger partial charge in [-0.05, 0) is 22.9 Å². The van der Waals surface area contributed by atoms with Gasteiger partial charge in [-0.25, -0.2) is 4.98 Å². The highest BCUT2D eigenvalue weighted by atomic mass is 79.9. The number of thiophene rings is 1. The third-order valence-corrected chi connectivity index (χ3v) is 3.32. The van der Waals surface area contributed by atoms with Gasteiger partial charge in [0.05, 0.1) is 5.39 Å². The van der Waals surface area contributed by atoms with Gasteiger partial charge >= 0.3 is 0 Å². The minimum Gasteiger partial charge on any atom is -0.310 e. The highest BCUT2D eigenvalue weighted by Gasteiger charge is 2.06. The van der Waals surface area contributed by atoms with E-state index in [0.29, 0.717) is 11.2 Å². The second-order valence-electron chi connectivity index (χ2n) is 2.42. The molecule has 1 N–H and O–H groups in total. The number of H-pyrrole nitrogens is 1. The first-order chi connectivity index (χ1) is 5.68. The Labute approximate surface area is 80.6 Å². The summed E-state index contributed by atoms with van der Waals surface area (Å²) in [6, 6.07) is 0. The normalized spacial score (nSPS) is 10.8. The van der Waals surface area contributed by atoms with Crippen LogP contribution in [0.1, 0.15) is 5.82 Å². The Morgan fingerprint density at radius 1 is 1.67 bits per heavy atom. The zero-order valence-electron chi connectivity index (χ0n) is 6.22. The quantitative estimate of drug-likeness (QED) is 0.772. The molecule has 5 heteroatoms. The van der Waals surface area contributed by atoms with Gasteiger partial charge in [0.2, 0.25) is 0 Å². The van der Waals surface area contributed by atoms with Gasteiger partial charge in [0, 0.05) is 9.85 Å². The van der Waals surface area contributed by atoms with E-state index < -0.39 is 0 Å². The van der Waals surface area contributed by atoms with Gasteiger partial charge in [0.25, 0.3) is 5.56 Å². The number of aromatic amines is 1. The number of nitrogens with one attached hydrogen (secondary N) is 1. The van der Waals surface area contributed by atoms with E-state index in [0.717, 1.165) is 9.30 Å². The molecule has 12 heavy (non-hydrogen) atoms. The average molecular weight is 245 g/mol. The molecular formula is C7H5BrN2OS. The van der Waals surface area contributed by atoms with Gasteiger partial charge in [-0.15, -0.1) is 11.3 Å². The predicted molar refractivity (Wildman–Crippen MR) is 52.7 cm³/mol. The van der Waals surface area contributed by atoms with Crippen LogP contribution in [0.2, 0.25) is 0 Å². The van der Waals surface area contributed by atoms with Crippen molar-refractivity contribution < 1.29 is 0 Å². The Kier molecular flexibility index (Phi) is 1.77. The van der Waals surface area contributed by atoms with Crippen LogP contribution in [0.15, 0.2) is 14.6 Å². The molecule has 0 saturated carbocycles. The standard InChI is InChI=1S/C7H5BrN2OS/c1-3-9-6(11)5-4(8)2-12-7(5)10-3/h2H,1H3,(H,9,10,11). The van der Waals surface area contributed by atoms with E-state index in [-0.39, 0.29) is 5.56 Å². The summed E-state index contributed by atoms with van der Waals surface area (Å²) in [5.74, 6) is 0.654. The fourth-order valence-corrected chi connectivity index (χ4v) is 2.64. The fourth-order valence-electron chi connectivity index (χ4n) is 1.02. The van der Waals surface area contributed by atoms with Crippen LogP contribution in [-0.4, -0.2) is 9.97 Å². The van der Waals surface area contributed by atoms with E-state index in [1.807, 2.05) is 5.38 Å². The number of aromatic nitrogens is 2. The Morgan fingerprint density at radius 3 is 3.17 bits per heavy atom. The lowest BCUT2D eigenvalue weighted by atomic mass is 10.4. The van der Waals surface area contributed by atoms with Crippen molar-refractivity contribution in [2.24, 2.45) is 0 Å². The van der Waals surface area contributed by atoms with Crippen molar-refractivity contribution in [3.63, 3.8) is 0 Å². The summed E-state index contributed by atoms with van der Waals surface area (Å²) in [5.41, 5.74) is -0.0781. The van der Waals surface area contributed by atoms with E-state index in [1.165, 1.54) is 11.3 Å². The molecule has 0 bridgehead atoms. The van der Waals surface area contributed by atoms with Gasteiger partial charge in [0.15, 0.2) is 0 Å². The molecule has 3 nitrogen and oxygen atoms in total. The minimum atomic E-state index is -0.0781. The first-order valence-electron chi connectivity index (χ1n) is 3.32. The molecule has 0 atom stereocenters. The highest BCUT2D eigenvalue weighted by molar-refractivity contribution is 9.10. The van der Waals surface area contributed by atoms with Crippen LogP contribution < -0.4 is 5.56 Å². The molecule has 0 aliphatic carbocycles. The van der Waals surface area contributed by atoms with Crippen molar-refractivity contribution in [1.29, 1.82) is 0 Å². The zero-order chi connectivity index (χ0) is 8.72. The van der Waals surface area contributed by atoms with Gasteiger partial charge in [-0.3, -0.25) is 4.79 Å². The highest BCUT2D eigenvalue weighted by Crippen LogP contribution is 2.25. The summed E-state index contributed by atoms with van der Waals surface area (Å²) in [4.78, 5) is 19.0. The van der Waals surface area contributed by atoms with Crippen molar-refractivity contribution in [3.05, 3.63) is 26.0 Å². The number of halogens is 1. The zero-order valence-corrected chi connectivity index (χ0v) is 8.62. The minimum absolute atomic E-state index is 0.0781. The average Bonchev–Trinajstić information content (AvgIpc) is 2.31. The van der Waals surface area contributed by atoms with E-state index >= 15 is 0 Å². The summed E-state index contributed by atoms with van der Waals surface area (Å²) in [6.07, 6.45) is 0. The van der Waals surface area contributed by atoms with Crippen LogP contribution in [0, 0.1) is 6.92 Å². The summed E-state index contributed by atoms with van der Waals surface area (Å²) in [6.45, 7) is 1.77. The third-order valence-electron chi connectivity index (χ3n) is 1.52. The second-order valence-corrected chi connectivity index (χ2v) is 4.13. The van der Waals surface area contributed by atoms with Gasteiger partial charge in [0.1, 0.15) is 10.7 Å². The molecule has 0 aromatic carbocycles. The van der Waals surface area contributed by atoms with Crippen molar-refractivity contribution >= 4 is 37.5 Å². The van der Waals surface area contributed by atoms with Crippen molar-refractivity contribution in [2.75, 3.05) is 0 Å². The fraction of sp³-hybridized carbons (Fsp3) is 0.143. The van der Waals surface area contributed by atoms with Crippen LogP contribution in [0.5, 0.6) is 0 Å². The monoisotopic (exact) mass is 244 g/mol. The van der Waals surface area contributed by atoms with Crippen molar-refractivity contribution in [3.8, 4) is 0 Å². The lowest BCUT2D eigenvalue weighted by Gasteiger charge is -1.91. The van der Waals surface area contributed by atoms with Gasteiger partial charge in [-0.2, -0.15) is 0 Å². The van der Waals surface area contributed by atoms with Crippen molar-refractivity contribution in [1.82, 2.24) is 9.97 Å². The second kappa shape index (κ2) is 2.67. The lowest BCUT2D eigenvalue weighted by molar-refractivity contribution is 1.06. The maximum absolute atomic E-state index is 11.4. The summed E-state index contributed by atoms with van der Waals surface area (Å²) in [5, 5.41) is 2.51. The van der Waals surface area contributed by atoms with Crippen LogP contribution in [0.25, 0.3) is 10.2 Å². The smallest absolute Gasteiger partial charge is 0.260 e. The Bertz CT molecular complexity index is 488. The first kappa shape index (κ1) is 7.94. The number of aryl methyl sites for hydroxylation is 1. The Balaban J connectivity index is 3.03. The summed E-state index contributed by atoms with van der Waals surface area (Å²) < 4.78 is 0.816. The predicted octanol–water partition coefficient (Wildman–Crippen LogP) is 2.06. The molecule has 0 radical (unpaired) electrons. The molecule has 2 aromatic rings. The number of fused-ring (bicyclic) bond motifs is 1. The molecule has 0 aliphatic heterocycles. The maximum Gasteiger partial charge on any atom is 0.260 e. The Morgan fingerprint density at radius 2 is 2.42 bits per heavy atom. The van der Waals surface area contributed by atoms with Crippen LogP contribution in [0.3, 0.4) is 0 Å². The van der Waals surface area contributed by atoms with Crippen LogP contribution in [0.4, 0.5) is 0 Å². The lowest BCUT2D eigenvalue weighted by Crippen LogP contribution is -2.08. The molecule has 0 amide bonds. The molecule has 62 valence electrons. The number of hydrogen-bond acceptors (Lipinski definition) is 3. The van der Waals surface area contributed by atoms with Gasteiger partial charge in [-0.1, -0.05) is 0 Å². The molecule has 0 aliphatic rings. The van der Waals surface area contributed by atoms with Crippen LogP contribution >= 0.6 is 27.3 Å². The Hall–Kier alpha value is -0.680. The van der Waals surface area contributed by atoms with Gasteiger partial charge < -0.3 is 4.98 Å². The van der Waals surface area contributed by atoms with E-state index in [2.05, 4.69) is 25.9 Å². The van der Waals surface area contributed by atoms with Crippen molar-refractivity contribution in [2.45, 2.75) is 6.92 Å². The molecule has 0 fully saturated rings. The van der Waals surface area contributed by atoms with E-state index in [1.54, 1.807) is 6.92 Å². The topological polar surface area (TPSA) is 45.8 Å². The molecule has 0 unspecified atom stereocenters. The molecular weight excluding hydrogens is 240 g/mol. The molecule has 2 aromatic heterocycles. The van der Waals surface area contributed by atoms with E-state index in [4.69, 9.17) is 0 Å². The maximum atomic E-state index is 11.4. The molecule has 2 rings (SSSR count). The number of nitrogens with zero attached hydrogens (tertiary/aromatic N) is 1. The first-order valence-corrected chi connectivity index (χ1v) is 4.99. The SMILES string of the molecule is Cc1nc2scc(Br)c2c(=O)[nH]1. The van der Waals surface area contributed by atoms with E-state index in [9.17, 15) is 4.79 Å². The number of hydrogen-bond donors (Lipinski definition) is 1.